The van der Waals surface area contributed by atoms with Crippen LogP contribution in [0.1, 0.15) is 18.9 Å². The molecule has 96 valence electrons. The number of benzene rings is 1. The van der Waals surface area contributed by atoms with Crippen LogP contribution in [0.2, 0.25) is 0 Å². The molecular weight excluding hydrogens is 212 g/mol. The van der Waals surface area contributed by atoms with Gasteiger partial charge in [-0.05, 0) is 44.8 Å². The van der Waals surface area contributed by atoms with Crippen LogP contribution >= 0.6 is 0 Å². The van der Waals surface area contributed by atoms with Gasteiger partial charge in [0.1, 0.15) is 12.4 Å². The zero-order chi connectivity index (χ0) is 12.5. The number of hydrogen-bond donors (Lipinski definition) is 1. The number of likely N-dealkylation sites (N-methyl/N-ethyl adjacent to an activating group) is 1. The van der Waals surface area contributed by atoms with Crippen molar-refractivity contribution < 1.29 is 4.74 Å². The molecule has 1 rings (SSSR count). The van der Waals surface area contributed by atoms with E-state index < -0.39 is 0 Å². The number of rotatable bonds is 8. The quantitative estimate of drug-likeness (QED) is 0.748. The lowest BCUT2D eigenvalue weighted by atomic mass is 10.2. The molecule has 0 bridgehead atoms. The molecule has 0 spiro atoms. The first-order valence-corrected chi connectivity index (χ1v) is 6.31. The van der Waals surface area contributed by atoms with Gasteiger partial charge in [0.2, 0.25) is 0 Å². The maximum atomic E-state index is 5.74. The Hall–Kier alpha value is -1.06. The third kappa shape index (κ3) is 5.71. The summed E-state index contributed by atoms with van der Waals surface area (Å²) in [5.41, 5.74) is 1.26. The predicted octanol–water partition coefficient (Wildman–Crippen LogP) is 2.13. The highest BCUT2D eigenvalue weighted by Gasteiger charge is 1.99. The van der Waals surface area contributed by atoms with Crippen molar-refractivity contribution in [2.75, 3.05) is 33.8 Å². The van der Waals surface area contributed by atoms with Crippen molar-refractivity contribution in [2.24, 2.45) is 0 Å². The molecule has 1 aromatic rings. The van der Waals surface area contributed by atoms with Crippen LogP contribution < -0.4 is 10.1 Å². The zero-order valence-electron chi connectivity index (χ0n) is 11.2. The Labute approximate surface area is 105 Å². The van der Waals surface area contributed by atoms with Gasteiger partial charge in [-0.3, -0.25) is 0 Å². The fourth-order valence-electron chi connectivity index (χ4n) is 1.76. The van der Waals surface area contributed by atoms with E-state index in [2.05, 4.69) is 36.3 Å². The summed E-state index contributed by atoms with van der Waals surface area (Å²) in [4.78, 5) is 2.29. The van der Waals surface area contributed by atoms with Crippen LogP contribution in [0.15, 0.2) is 24.3 Å². The van der Waals surface area contributed by atoms with Crippen LogP contribution in [0.4, 0.5) is 0 Å². The molecule has 0 aliphatic carbocycles. The molecule has 0 atom stereocenters. The first kappa shape index (κ1) is 14.0. The third-order valence-corrected chi connectivity index (χ3v) is 2.63. The van der Waals surface area contributed by atoms with Crippen LogP contribution in [0.3, 0.4) is 0 Å². The van der Waals surface area contributed by atoms with E-state index in [4.69, 9.17) is 4.74 Å². The first-order valence-electron chi connectivity index (χ1n) is 6.31. The third-order valence-electron chi connectivity index (χ3n) is 2.63. The molecule has 3 nitrogen and oxygen atoms in total. The number of hydrogen-bond acceptors (Lipinski definition) is 3. The summed E-state index contributed by atoms with van der Waals surface area (Å²) in [6.07, 6.45) is 1.19. The maximum Gasteiger partial charge on any atom is 0.119 e. The second-order valence-electron chi connectivity index (χ2n) is 4.33. The lowest BCUT2D eigenvalue weighted by molar-refractivity contribution is 0.237. The molecular formula is C14H24N2O. The van der Waals surface area contributed by atoms with E-state index in [9.17, 15) is 0 Å². The normalized spacial score (nSPS) is 10.8. The molecule has 0 aliphatic heterocycles. The highest BCUT2D eigenvalue weighted by molar-refractivity contribution is 5.28. The Kier molecular flexibility index (Phi) is 6.67. The summed E-state index contributed by atoms with van der Waals surface area (Å²) in [6.45, 7) is 5.93. The van der Waals surface area contributed by atoms with Gasteiger partial charge in [-0.1, -0.05) is 19.1 Å². The van der Waals surface area contributed by atoms with Crippen LogP contribution in [-0.2, 0) is 6.54 Å². The van der Waals surface area contributed by atoms with E-state index in [0.29, 0.717) is 0 Å². The lowest BCUT2D eigenvalue weighted by Gasteiger charge is -2.16. The standard InChI is InChI=1S/C14H24N2O/c1-4-8-16(3)9-10-17-14-7-5-6-13(11-14)12-15-2/h5-7,11,15H,4,8-10,12H2,1-3H3. The lowest BCUT2D eigenvalue weighted by Crippen LogP contribution is -2.24. The summed E-state index contributed by atoms with van der Waals surface area (Å²) < 4.78 is 5.74. The van der Waals surface area contributed by atoms with E-state index in [-0.39, 0.29) is 0 Å². The first-order chi connectivity index (χ1) is 8.26. The average Bonchev–Trinajstić information content (AvgIpc) is 2.30. The van der Waals surface area contributed by atoms with Crippen molar-refractivity contribution in [3.63, 3.8) is 0 Å². The van der Waals surface area contributed by atoms with Crippen molar-refractivity contribution in [3.8, 4) is 5.75 Å². The average molecular weight is 236 g/mol. The molecule has 0 radical (unpaired) electrons. The zero-order valence-corrected chi connectivity index (χ0v) is 11.2. The van der Waals surface area contributed by atoms with Crippen LogP contribution in [0, 0.1) is 0 Å². The summed E-state index contributed by atoms with van der Waals surface area (Å²) in [5, 5.41) is 3.14. The fourth-order valence-corrected chi connectivity index (χ4v) is 1.76. The minimum Gasteiger partial charge on any atom is -0.492 e. The largest absolute Gasteiger partial charge is 0.492 e. The van der Waals surface area contributed by atoms with E-state index in [1.807, 2.05) is 19.2 Å². The van der Waals surface area contributed by atoms with Crippen LogP contribution in [0.5, 0.6) is 5.75 Å². The Balaban J connectivity index is 2.33. The number of ether oxygens (including phenoxy) is 1. The Morgan fingerprint density at radius 3 is 2.82 bits per heavy atom. The van der Waals surface area contributed by atoms with Crippen LogP contribution in [-0.4, -0.2) is 38.7 Å². The van der Waals surface area contributed by atoms with Gasteiger partial charge in [-0.15, -0.1) is 0 Å². The molecule has 1 aromatic carbocycles. The molecule has 17 heavy (non-hydrogen) atoms. The van der Waals surface area contributed by atoms with Gasteiger partial charge in [0.25, 0.3) is 0 Å². The number of nitrogens with one attached hydrogen (secondary N) is 1. The predicted molar refractivity (Wildman–Crippen MR) is 72.5 cm³/mol. The molecule has 1 N–H and O–H groups in total. The molecule has 0 amide bonds. The Morgan fingerprint density at radius 2 is 2.12 bits per heavy atom. The SMILES string of the molecule is CCCN(C)CCOc1cccc(CNC)c1. The monoisotopic (exact) mass is 236 g/mol. The van der Waals surface area contributed by atoms with Crippen molar-refractivity contribution in [1.29, 1.82) is 0 Å². The minimum absolute atomic E-state index is 0.750. The molecule has 0 heterocycles. The van der Waals surface area contributed by atoms with Gasteiger partial charge in [0.15, 0.2) is 0 Å². The van der Waals surface area contributed by atoms with E-state index in [0.717, 1.165) is 32.0 Å². The van der Waals surface area contributed by atoms with Gasteiger partial charge in [0.05, 0.1) is 0 Å². The second kappa shape index (κ2) is 8.09. The van der Waals surface area contributed by atoms with E-state index in [1.54, 1.807) is 0 Å². The van der Waals surface area contributed by atoms with Crippen molar-refractivity contribution in [3.05, 3.63) is 29.8 Å². The smallest absolute Gasteiger partial charge is 0.119 e. The second-order valence-corrected chi connectivity index (χ2v) is 4.33. The molecule has 0 aromatic heterocycles. The number of nitrogens with zero attached hydrogens (tertiary/aromatic N) is 1. The van der Waals surface area contributed by atoms with Gasteiger partial charge in [0, 0.05) is 13.1 Å². The highest BCUT2D eigenvalue weighted by Crippen LogP contribution is 2.12. The van der Waals surface area contributed by atoms with E-state index >= 15 is 0 Å². The van der Waals surface area contributed by atoms with Gasteiger partial charge in [-0.25, -0.2) is 0 Å². The minimum atomic E-state index is 0.750. The highest BCUT2D eigenvalue weighted by atomic mass is 16.5. The molecule has 0 saturated heterocycles. The van der Waals surface area contributed by atoms with Crippen molar-refractivity contribution in [1.82, 2.24) is 10.2 Å². The molecule has 0 saturated carbocycles. The van der Waals surface area contributed by atoms with Gasteiger partial charge in [-0.2, -0.15) is 0 Å². The summed E-state index contributed by atoms with van der Waals surface area (Å²) in [5.74, 6) is 0.961. The molecule has 0 unspecified atom stereocenters. The Bertz CT molecular complexity index is 315. The summed E-state index contributed by atoms with van der Waals surface area (Å²) in [6, 6.07) is 8.25. The fraction of sp³-hybridized carbons (Fsp3) is 0.571. The summed E-state index contributed by atoms with van der Waals surface area (Å²) in [7, 11) is 4.08. The van der Waals surface area contributed by atoms with Crippen LogP contribution in [0.25, 0.3) is 0 Å². The van der Waals surface area contributed by atoms with Crippen molar-refractivity contribution >= 4 is 0 Å². The topological polar surface area (TPSA) is 24.5 Å². The van der Waals surface area contributed by atoms with E-state index in [1.165, 1.54) is 12.0 Å². The van der Waals surface area contributed by atoms with Gasteiger partial charge >= 0.3 is 0 Å². The Morgan fingerprint density at radius 1 is 1.29 bits per heavy atom. The maximum absolute atomic E-state index is 5.74. The molecule has 3 heteroatoms. The molecule has 0 aliphatic rings. The molecule has 0 fully saturated rings. The van der Waals surface area contributed by atoms with Crippen molar-refractivity contribution in [2.45, 2.75) is 19.9 Å². The van der Waals surface area contributed by atoms with Gasteiger partial charge < -0.3 is 15.0 Å². The summed E-state index contributed by atoms with van der Waals surface area (Å²) >= 11 is 0.